The van der Waals surface area contributed by atoms with Gasteiger partial charge in [-0.15, -0.1) is 0 Å². The van der Waals surface area contributed by atoms with E-state index in [0.717, 1.165) is 12.1 Å². The zero-order valence-corrected chi connectivity index (χ0v) is 10.9. The molecule has 102 valence electrons. The second-order valence-corrected chi connectivity index (χ2v) is 4.76. The Hall–Kier alpha value is -1.40. The first-order chi connectivity index (χ1) is 8.45. The maximum Gasteiger partial charge on any atom is 0.290 e. The van der Waals surface area contributed by atoms with Gasteiger partial charge >= 0.3 is 0 Å². The summed E-state index contributed by atoms with van der Waals surface area (Å²) in [6, 6.07) is 1.58. The van der Waals surface area contributed by atoms with Crippen LogP contribution < -0.4 is 5.32 Å². The van der Waals surface area contributed by atoms with Crippen LogP contribution in [-0.4, -0.2) is 40.0 Å². The van der Waals surface area contributed by atoms with Crippen LogP contribution in [0.2, 0.25) is 0 Å². The van der Waals surface area contributed by atoms with E-state index < -0.39 is 11.4 Å². The highest BCUT2D eigenvalue weighted by atomic mass is 16.5. The Morgan fingerprint density at radius 2 is 2.17 bits per heavy atom. The summed E-state index contributed by atoms with van der Waals surface area (Å²) < 4.78 is 4.96. The molecular weight excluding hydrogens is 236 g/mol. The van der Waals surface area contributed by atoms with Crippen LogP contribution in [0, 0.1) is 0 Å². The van der Waals surface area contributed by atoms with Crippen LogP contribution in [0.4, 0.5) is 0 Å². The second-order valence-electron chi connectivity index (χ2n) is 4.76. The van der Waals surface area contributed by atoms with Gasteiger partial charge < -0.3 is 20.1 Å². The van der Waals surface area contributed by atoms with Crippen molar-refractivity contribution < 1.29 is 19.5 Å². The van der Waals surface area contributed by atoms with Crippen molar-refractivity contribution in [3.8, 4) is 0 Å². The smallest absolute Gasteiger partial charge is 0.290 e. The molecule has 1 aromatic heterocycles. The molecule has 0 saturated heterocycles. The van der Waals surface area contributed by atoms with Crippen molar-refractivity contribution in [1.82, 2.24) is 10.5 Å². The number of aliphatic hydroxyl groups excluding tert-OH is 2. The molecule has 0 aliphatic carbocycles. The van der Waals surface area contributed by atoms with E-state index in [1.54, 1.807) is 6.07 Å². The zero-order chi connectivity index (χ0) is 13.8. The van der Waals surface area contributed by atoms with Gasteiger partial charge in [-0.05, 0) is 13.3 Å². The highest BCUT2D eigenvalue weighted by molar-refractivity contribution is 5.92. The first kappa shape index (κ1) is 14.7. The van der Waals surface area contributed by atoms with Crippen LogP contribution in [0.3, 0.4) is 0 Å². The Labute approximate surface area is 106 Å². The predicted octanol–water partition coefficient (Wildman–Crippen LogP) is 0.661. The van der Waals surface area contributed by atoms with Crippen LogP contribution in [-0.2, 0) is 0 Å². The van der Waals surface area contributed by atoms with Gasteiger partial charge in [-0.3, -0.25) is 4.79 Å². The van der Waals surface area contributed by atoms with E-state index in [1.165, 1.54) is 6.92 Å². The molecule has 6 nitrogen and oxygen atoms in total. The van der Waals surface area contributed by atoms with E-state index in [4.69, 9.17) is 14.7 Å². The number of rotatable bonds is 6. The Morgan fingerprint density at radius 3 is 2.67 bits per heavy atom. The molecule has 0 aromatic carbocycles. The van der Waals surface area contributed by atoms with Crippen LogP contribution in [0.5, 0.6) is 0 Å². The third kappa shape index (κ3) is 3.30. The van der Waals surface area contributed by atoms with Crippen LogP contribution in [0.1, 0.15) is 49.4 Å². The van der Waals surface area contributed by atoms with Gasteiger partial charge in [0.05, 0.1) is 24.4 Å². The molecular formula is C12H20N2O4. The van der Waals surface area contributed by atoms with Crippen LogP contribution in [0.25, 0.3) is 0 Å². The number of aromatic nitrogens is 1. The SMILES string of the molecule is CC[C@H](C)c1cc(C(=O)NC(C)(CO)CO)on1. The first-order valence-corrected chi connectivity index (χ1v) is 5.96. The molecule has 0 fully saturated rings. The molecule has 0 unspecified atom stereocenters. The largest absolute Gasteiger partial charge is 0.394 e. The minimum absolute atomic E-state index is 0.0819. The van der Waals surface area contributed by atoms with Gasteiger partial charge in [0.15, 0.2) is 0 Å². The number of amides is 1. The minimum atomic E-state index is -1.07. The maximum atomic E-state index is 11.8. The molecule has 0 spiro atoms. The molecule has 6 heteroatoms. The average molecular weight is 256 g/mol. The molecule has 1 aromatic rings. The van der Waals surface area contributed by atoms with Gasteiger partial charge in [-0.1, -0.05) is 19.0 Å². The lowest BCUT2D eigenvalue weighted by atomic mass is 10.0. The molecule has 18 heavy (non-hydrogen) atoms. The number of aliphatic hydroxyl groups is 2. The molecule has 1 heterocycles. The standard InChI is InChI=1S/C12H20N2O4/c1-4-8(2)9-5-10(18-14-9)11(17)13-12(3,6-15)7-16/h5,8,15-16H,4,6-7H2,1-3H3,(H,13,17)/t8-/m0/s1. The van der Waals surface area contributed by atoms with Gasteiger partial charge in [0.25, 0.3) is 5.91 Å². The molecule has 1 atom stereocenters. The van der Waals surface area contributed by atoms with Gasteiger partial charge in [0, 0.05) is 12.0 Å². The fraction of sp³-hybridized carbons (Fsp3) is 0.667. The molecule has 0 aliphatic heterocycles. The molecule has 0 bridgehead atoms. The predicted molar refractivity (Wildman–Crippen MR) is 65.3 cm³/mol. The summed E-state index contributed by atoms with van der Waals surface area (Å²) in [6.45, 7) is 4.83. The van der Waals surface area contributed by atoms with Crippen LogP contribution >= 0.6 is 0 Å². The second kappa shape index (κ2) is 5.97. The van der Waals surface area contributed by atoms with Gasteiger partial charge in [-0.2, -0.15) is 0 Å². The van der Waals surface area contributed by atoms with E-state index in [1.807, 2.05) is 13.8 Å². The van der Waals surface area contributed by atoms with Gasteiger partial charge in [0.2, 0.25) is 5.76 Å². The third-order valence-corrected chi connectivity index (χ3v) is 2.98. The summed E-state index contributed by atoms with van der Waals surface area (Å²) in [5.41, 5.74) is -0.349. The molecule has 1 amide bonds. The third-order valence-electron chi connectivity index (χ3n) is 2.98. The lowest BCUT2D eigenvalue weighted by molar-refractivity contribution is 0.0693. The summed E-state index contributed by atoms with van der Waals surface area (Å²) in [5, 5.41) is 24.5. The Morgan fingerprint density at radius 1 is 1.56 bits per heavy atom. The van der Waals surface area contributed by atoms with Crippen molar-refractivity contribution in [3.63, 3.8) is 0 Å². The highest BCUT2D eigenvalue weighted by Gasteiger charge is 2.27. The van der Waals surface area contributed by atoms with Crippen molar-refractivity contribution in [3.05, 3.63) is 17.5 Å². The number of nitrogens with one attached hydrogen (secondary N) is 1. The normalized spacial score (nSPS) is 13.4. The number of hydrogen-bond donors (Lipinski definition) is 3. The highest BCUT2D eigenvalue weighted by Crippen LogP contribution is 2.18. The van der Waals surface area contributed by atoms with Crippen molar-refractivity contribution in [2.24, 2.45) is 0 Å². The lowest BCUT2D eigenvalue weighted by Gasteiger charge is -2.25. The van der Waals surface area contributed by atoms with E-state index in [0.29, 0.717) is 0 Å². The summed E-state index contributed by atoms with van der Waals surface area (Å²) in [5.74, 6) is -0.196. The number of hydrogen-bond acceptors (Lipinski definition) is 5. The zero-order valence-electron chi connectivity index (χ0n) is 10.9. The summed E-state index contributed by atoms with van der Waals surface area (Å²) in [4.78, 5) is 11.8. The average Bonchev–Trinajstić information content (AvgIpc) is 2.87. The van der Waals surface area contributed by atoms with E-state index in [-0.39, 0.29) is 24.9 Å². The van der Waals surface area contributed by atoms with E-state index in [2.05, 4.69) is 10.5 Å². The van der Waals surface area contributed by atoms with E-state index in [9.17, 15) is 4.79 Å². The topological polar surface area (TPSA) is 95.6 Å². The minimum Gasteiger partial charge on any atom is -0.394 e. The fourth-order valence-electron chi connectivity index (χ4n) is 1.30. The Balaban J connectivity index is 2.76. The van der Waals surface area contributed by atoms with Crippen molar-refractivity contribution in [1.29, 1.82) is 0 Å². The van der Waals surface area contributed by atoms with Gasteiger partial charge in [-0.25, -0.2) is 0 Å². The Bertz CT molecular complexity index is 399. The van der Waals surface area contributed by atoms with E-state index >= 15 is 0 Å². The van der Waals surface area contributed by atoms with Gasteiger partial charge in [0.1, 0.15) is 0 Å². The molecule has 0 aliphatic rings. The summed E-state index contributed by atoms with van der Waals surface area (Å²) in [6.07, 6.45) is 0.901. The molecule has 3 N–H and O–H groups in total. The lowest BCUT2D eigenvalue weighted by Crippen LogP contribution is -2.51. The first-order valence-electron chi connectivity index (χ1n) is 5.96. The van der Waals surface area contributed by atoms with Crippen molar-refractivity contribution in [2.75, 3.05) is 13.2 Å². The molecule has 1 rings (SSSR count). The Kier molecular flexibility index (Phi) is 4.86. The van der Waals surface area contributed by atoms with Crippen molar-refractivity contribution in [2.45, 2.75) is 38.6 Å². The fourth-order valence-corrected chi connectivity index (χ4v) is 1.30. The van der Waals surface area contributed by atoms with Crippen LogP contribution in [0.15, 0.2) is 10.6 Å². The monoisotopic (exact) mass is 256 g/mol. The summed E-state index contributed by atoms with van der Waals surface area (Å²) in [7, 11) is 0. The number of carbonyl (C=O) groups excluding carboxylic acids is 1. The van der Waals surface area contributed by atoms with Crippen molar-refractivity contribution >= 4 is 5.91 Å². The quantitative estimate of drug-likeness (QED) is 0.695. The number of nitrogens with zero attached hydrogens (tertiary/aromatic N) is 1. The number of carbonyl (C=O) groups is 1. The summed E-state index contributed by atoms with van der Waals surface area (Å²) >= 11 is 0. The molecule has 0 saturated carbocycles. The maximum absolute atomic E-state index is 11.8. The molecule has 0 radical (unpaired) electrons.